The van der Waals surface area contributed by atoms with Crippen LogP contribution in [0.15, 0.2) is 54.7 Å². The van der Waals surface area contributed by atoms with E-state index in [0.717, 1.165) is 18.4 Å². The van der Waals surface area contributed by atoms with E-state index in [2.05, 4.69) is 18.0 Å². The average Bonchev–Trinajstić information content (AvgIpc) is 2.73. The molecule has 28 heavy (non-hydrogen) atoms. The Morgan fingerprint density at radius 1 is 1.32 bits per heavy atom. The summed E-state index contributed by atoms with van der Waals surface area (Å²) in [7, 11) is 1.57. The molecular weight excluding hydrogens is 354 g/mol. The Labute approximate surface area is 168 Å². The second kappa shape index (κ2) is 10.7. The number of allylic oxidation sites excluding steroid dienone is 4. The maximum atomic E-state index is 12.8. The van der Waals surface area contributed by atoms with E-state index in [1.807, 2.05) is 26.0 Å². The van der Waals surface area contributed by atoms with Crippen LogP contribution in [0.2, 0.25) is 0 Å². The van der Waals surface area contributed by atoms with Crippen molar-refractivity contribution in [1.82, 2.24) is 5.32 Å². The molecule has 1 saturated heterocycles. The third-order valence-electron chi connectivity index (χ3n) is 5.02. The zero-order valence-corrected chi connectivity index (χ0v) is 17.1. The molecule has 0 spiro atoms. The molecule has 1 aromatic rings. The maximum absolute atomic E-state index is 12.8. The molecule has 1 N–H and O–H groups in total. The van der Waals surface area contributed by atoms with Gasteiger partial charge in [-0.1, -0.05) is 30.9 Å². The molecule has 0 saturated carbocycles. The van der Waals surface area contributed by atoms with Crippen molar-refractivity contribution in [2.45, 2.75) is 26.7 Å². The second-order valence-electron chi connectivity index (χ2n) is 6.73. The van der Waals surface area contributed by atoms with Crippen molar-refractivity contribution in [3.8, 4) is 11.5 Å². The number of nitrogens with one attached hydrogen (secondary N) is 1. The summed E-state index contributed by atoms with van der Waals surface area (Å²) in [6, 6.07) is 5.24. The van der Waals surface area contributed by atoms with E-state index in [-0.39, 0.29) is 11.3 Å². The van der Waals surface area contributed by atoms with Crippen LogP contribution >= 0.6 is 0 Å². The third-order valence-corrected chi connectivity index (χ3v) is 5.02. The van der Waals surface area contributed by atoms with E-state index in [4.69, 9.17) is 14.2 Å². The van der Waals surface area contributed by atoms with Crippen molar-refractivity contribution in [3.63, 3.8) is 0 Å². The summed E-state index contributed by atoms with van der Waals surface area (Å²) in [5, 5.41) is 3.11. The van der Waals surface area contributed by atoms with Gasteiger partial charge >= 0.3 is 0 Å². The van der Waals surface area contributed by atoms with Crippen molar-refractivity contribution >= 4 is 5.91 Å². The Bertz CT molecular complexity index is 730. The number of amides is 1. The lowest BCUT2D eigenvalue weighted by atomic mass is 9.73. The van der Waals surface area contributed by atoms with Crippen molar-refractivity contribution in [2.24, 2.45) is 5.41 Å². The van der Waals surface area contributed by atoms with Crippen molar-refractivity contribution in [2.75, 3.05) is 33.5 Å². The molecular formula is C23H31NO4. The Morgan fingerprint density at radius 2 is 2.07 bits per heavy atom. The molecule has 0 bridgehead atoms. The number of hydrogen-bond donors (Lipinski definition) is 1. The molecule has 1 aliphatic rings. The molecule has 5 nitrogen and oxygen atoms in total. The molecule has 0 aliphatic carbocycles. The molecule has 1 aromatic carbocycles. The lowest BCUT2D eigenvalue weighted by Gasteiger charge is -2.38. The largest absolute Gasteiger partial charge is 0.493 e. The zero-order valence-electron chi connectivity index (χ0n) is 17.1. The van der Waals surface area contributed by atoms with Gasteiger partial charge in [-0.15, -0.1) is 0 Å². The van der Waals surface area contributed by atoms with Gasteiger partial charge < -0.3 is 19.5 Å². The summed E-state index contributed by atoms with van der Waals surface area (Å²) in [5.74, 6) is 1.05. The van der Waals surface area contributed by atoms with E-state index in [9.17, 15) is 4.79 Å². The lowest BCUT2D eigenvalue weighted by Crippen LogP contribution is -2.42. The predicted octanol–water partition coefficient (Wildman–Crippen LogP) is 4.31. The topological polar surface area (TPSA) is 56.8 Å². The third kappa shape index (κ3) is 5.26. The van der Waals surface area contributed by atoms with Crippen molar-refractivity contribution in [1.29, 1.82) is 0 Å². The van der Waals surface area contributed by atoms with E-state index in [0.29, 0.717) is 43.4 Å². The predicted molar refractivity (Wildman–Crippen MR) is 112 cm³/mol. The first kappa shape index (κ1) is 21.8. The van der Waals surface area contributed by atoms with Gasteiger partial charge in [0.1, 0.15) is 0 Å². The van der Waals surface area contributed by atoms with Gasteiger partial charge in [0, 0.05) is 30.7 Å². The zero-order chi connectivity index (χ0) is 20.4. The minimum Gasteiger partial charge on any atom is -0.493 e. The van der Waals surface area contributed by atoms with Crippen LogP contribution in [0.25, 0.3) is 0 Å². The average molecular weight is 386 g/mol. The SMILES string of the molecule is C=C/C=C(\C=C/C)C1(CNC(=O)c2ccc(OCC)c(OC)c2)CCOCC1. The molecule has 1 aliphatic heterocycles. The lowest BCUT2D eigenvalue weighted by molar-refractivity contribution is 0.0331. The first-order valence-corrected chi connectivity index (χ1v) is 9.73. The van der Waals surface area contributed by atoms with Gasteiger partial charge in [0.15, 0.2) is 11.5 Å². The number of carbonyl (C=O) groups excluding carboxylic acids is 1. The molecule has 2 rings (SSSR count). The summed E-state index contributed by atoms with van der Waals surface area (Å²) in [5.41, 5.74) is 1.55. The van der Waals surface area contributed by atoms with Gasteiger partial charge in [0.2, 0.25) is 0 Å². The van der Waals surface area contributed by atoms with Gasteiger partial charge in [-0.05, 0) is 50.5 Å². The molecule has 152 valence electrons. The van der Waals surface area contributed by atoms with Gasteiger partial charge in [-0.2, -0.15) is 0 Å². The molecule has 0 radical (unpaired) electrons. The Hall–Kier alpha value is -2.53. The first-order valence-electron chi connectivity index (χ1n) is 9.73. The van der Waals surface area contributed by atoms with Gasteiger partial charge in [-0.3, -0.25) is 4.79 Å². The standard InChI is InChI=1S/C23H31NO4/c1-5-8-19(9-6-2)23(12-14-27-15-13-23)17-24-22(25)18-10-11-20(28-7-3)21(16-18)26-4/h5-6,8-11,16H,1,7,12-15,17H2,2-4H3,(H,24,25)/b9-6-,19-8+. The maximum Gasteiger partial charge on any atom is 0.251 e. The van der Waals surface area contributed by atoms with Crippen LogP contribution in [0, 0.1) is 5.41 Å². The van der Waals surface area contributed by atoms with Crippen LogP contribution in [0.5, 0.6) is 11.5 Å². The highest BCUT2D eigenvalue weighted by atomic mass is 16.5. The fraction of sp³-hybridized carbons (Fsp3) is 0.435. The number of ether oxygens (including phenoxy) is 3. The van der Waals surface area contributed by atoms with Gasteiger partial charge in [-0.25, -0.2) is 0 Å². The minimum absolute atomic E-state index is 0.134. The van der Waals surface area contributed by atoms with Crippen LogP contribution in [0.4, 0.5) is 0 Å². The Kier molecular flexibility index (Phi) is 8.33. The van der Waals surface area contributed by atoms with Crippen LogP contribution in [-0.2, 0) is 4.74 Å². The quantitative estimate of drug-likeness (QED) is 0.644. The normalized spacial score (nSPS) is 16.6. The van der Waals surface area contributed by atoms with E-state index < -0.39 is 0 Å². The summed E-state index contributed by atoms with van der Waals surface area (Å²) in [6.45, 7) is 10.2. The van der Waals surface area contributed by atoms with Crippen LogP contribution in [-0.4, -0.2) is 39.4 Å². The van der Waals surface area contributed by atoms with E-state index in [1.54, 1.807) is 31.4 Å². The van der Waals surface area contributed by atoms with Crippen LogP contribution in [0.1, 0.15) is 37.0 Å². The highest BCUT2D eigenvalue weighted by Gasteiger charge is 2.35. The molecule has 1 heterocycles. The number of rotatable bonds is 9. The van der Waals surface area contributed by atoms with Crippen molar-refractivity contribution < 1.29 is 19.0 Å². The minimum atomic E-state index is -0.163. The summed E-state index contributed by atoms with van der Waals surface area (Å²) in [6.07, 6.45) is 9.64. The van der Waals surface area contributed by atoms with E-state index >= 15 is 0 Å². The Morgan fingerprint density at radius 3 is 2.68 bits per heavy atom. The van der Waals surface area contributed by atoms with Gasteiger partial charge in [0.05, 0.1) is 13.7 Å². The molecule has 0 unspecified atom stereocenters. The Balaban J connectivity index is 2.19. The fourth-order valence-corrected chi connectivity index (χ4v) is 3.48. The first-order chi connectivity index (χ1) is 13.6. The summed E-state index contributed by atoms with van der Waals surface area (Å²) in [4.78, 5) is 12.8. The fourth-order valence-electron chi connectivity index (χ4n) is 3.48. The second-order valence-corrected chi connectivity index (χ2v) is 6.73. The van der Waals surface area contributed by atoms with Gasteiger partial charge in [0.25, 0.3) is 5.91 Å². The number of benzene rings is 1. The monoisotopic (exact) mass is 385 g/mol. The van der Waals surface area contributed by atoms with E-state index in [1.165, 1.54) is 0 Å². The summed E-state index contributed by atoms with van der Waals surface area (Å²) >= 11 is 0. The molecule has 1 fully saturated rings. The highest BCUT2D eigenvalue weighted by Crippen LogP contribution is 2.38. The van der Waals surface area contributed by atoms with Crippen LogP contribution < -0.4 is 14.8 Å². The highest BCUT2D eigenvalue weighted by molar-refractivity contribution is 5.95. The van der Waals surface area contributed by atoms with Crippen LogP contribution in [0.3, 0.4) is 0 Å². The summed E-state index contributed by atoms with van der Waals surface area (Å²) < 4.78 is 16.4. The van der Waals surface area contributed by atoms with Crippen molar-refractivity contribution in [3.05, 3.63) is 60.2 Å². The number of carbonyl (C=O) groups is 1. The molecule has 0 atom stereocenters. The molecule has 5 heteroatoms. The number of hydrogen-bond acceptors (Lipinski definition) is 4. The molecule has 1 amide bonds. The smallest absolute Gasteiger partial charge is 0.251 e. The number of methoxy groups -OCH3 is 1. The molecule has 0 aromatic heterocycles.